The number of hydrogen-bond donors (Lipinski definition) is 0. The fourth-order valence-electron chi connectivity index (χ4n) is 4.58. The smallest absolute Gasteiger partial charge is 0.308 e. The number of rotatable bonds is 9. The molecule has 0 fully saturated rings. The average molecular weight is 438 g/mol. The van der Waals surface area contributed by atoms with Gasteiger partial charge in [0.2, 0.25) is 0 Å². The van der Waals surface area contributed by atoms with Gasteiger partial charge in [0, 0.05) is 6.20 Å². The van der Waals surface area contributed by atoms with Crippen LogP contribution in [0.4, 0.5) is 0 Å². The number of carbonyl (C=O) groups is 3. The molecule has 0 saturated carbocycles. The monoisotopic (exact) mass is 437 g/mol. The second-order valence-electron chi connectivity index (χ2n) is 8.27. The molecule has 2 aliphatic heterocycles. The van der Waals surface area contributed by atoms with E-state index in [1.807, 2.05) is 59.7 Å². The Morgan fingerprint density at radius 3 is 2.03 bits per heavy atom. The lowest BCUT2D eigenvalue weighted by Gasteiger charge is -2.41. The third-order valence-electron chi connectivity index (χ3n) is 5.96. The summed E-state index contributed by atoms with van der Waals surface area (Å²) in [6, 6.07) is 9.51. The molecular formula is C26H31NO5. The second kappa shape index (κ2) is 9.98. The second-order valence-corrected chi connectivity index (χ2v) is 8.27. The van der Waals surface area contributed by atoms with E-state index in [-0.39, 0.29) is 43.8 Å². The highest BCUT2D eigenvalue weighted by molar-refractivity contribution is 6.29. The average Bonchev–Trinajstić information content (AvgIpc) is 3.02. The quantitative estimate of drug-likeness (QED) is 0.537. The summed E-state index contributed by atoms with van der Waals surface area (Å²) in [4.78, 5) is 41.1. The maximum atomic E-state index is 14.2. The summed E-state index contributed by atoms with van der Waals surface area (Å²) in [5.74, 6) is -1.85. The van der Waals surface area contributed by atoms with Crippen molar-refractivity contribution >= 4 is 23.3 Å². The molecule has 2 unspecified atom stereocenters. The number of ether oxygens (including phenoxy) is 2. The van der Waals surface area contributed by atoms with E-state index in [1.54, 1.807) is 27.7 Å². The molecule has 1 aromatic carbocycles. The molecule has 2 aliphatic rings. The van der Waals surface area contributed by atoms with E-state index in [4.69, 9.17) is 9.47 Å². The van der Waals surface area contributed by atoms with Crippen LogP contribution in [-0.4, -0.2) is 41.4 Å². The van der Waals surface area contributed by atoms with E-state index < -0.39 is 17.4 Å². The van der Waals surface area contributed by atoms with Gasteiger partial charge in [-0.2, -0.15) is 0 Å². The standard InChI is InChI=1S/C26H31NO5/c1-5-31-24(29)18(3)16-26(17-19(4)25(30)32-6-2)23(28)22(20-12-8-7-9-13-20)21-14-10-11-15-27(21)26/h7-15,18-19H,5-6,16-17H2,1-4H3. The number of fused-ring (bicyclic) bond motifs is 1. The Hall–Kier alpha value is -3.15. The molecule has 6 heteroatoms. The molecule has 170 valence electrons. The van der Waals surface area contributed by atoms with Crippen molar-refractivity contribution in [3.8, 4) is 0 Å². The molecule has 2 atom stereocenters. The number of benzene rings is 1. The molecule has 0 spiro atoms. The lowest BCUT2D eigenvalue weighted by Crippen LogP contribution is -2.51. The summed E-state index contributed by atoms with van der Waals surface area (Å²) >= 11 is 0. The zero-order valence-electron chi connectivity index (χ0n) is 19.2. The van der Waals surface area contributed by atoms with Crippen LogP contribution in [0.3, 0.4) is 0 Å². The van der Waals surface area contributed by atoms with E-state index in [2.05, 4.69) is 0 Å². The maximum absolute atomic E-state index is 14.2. The van der Waals surface area contributed by atoms with Crippen LogP contribution in [0.15, 0.2) is 60.5 Å². The number of carbonyl (C=O) groups excluding carboxylic acids is 3. The highest BCUT2D eigenvalue weighted by atomic mass is 16.5. The van der Waals surface area contributed by atoms with Crippen molar-refractivity contribution in [2.45, 2.75) is 46.1 Å². The molecule has 0 bridgehead atoms. The van der Waals surface area contributed by atoms with Crippen LogP contribution in [0.25, 0.3) is 5.57 Å². The Bertz CT molecular complexity index is 934. The van der Waals surface area contributed by atoms with Gasteiger partial charge in [-0.05, 0) is 44.4 Å². The molecule has 0 radical (unpaired) electrons. The number of allylic oxidation sites excluding steroid dienone is 3. The number of ketones is 1. The first-order valence-electron chi connectivity index (χ1n) is 11.2. The number of Topliss-reactive ketones (excluding diaryl/α,β-unsaturated/α-hetero) is 1. The molecule has 3 rings (SSSR count). The van der Waals surface area contributed by atoms with Gasteiger partial charge in [0.1, 0.15) is 5.54 Å². The van der Waals surface area contributed by atoms with Crippen molar-refractivity contribution < 1.29 is 23.9 Å². The van der Waals surface area contributed by atoms with Crippen molar-refractivity contribution in [3.63, 3.8) is 0 Å². The molecule has 0 amide bonds. The number of hydrogen-bond acceptors (Lipinski definition) is 6. The first kappa shape index (κ1) is 23.5. The first-order chi connectivity index (χ1) is 15.4. The normalized spacial score (nSPS) is 21.4. The highest BCUT2D eigenvalue weighted by Gasteiger charge is 2.54. The largest absolute Gasteiger partial charge is 0.466 e. The summed E-state index contributed by atoms with van der Waals surface area (Å²) in [5, 5.41) is 0. The van der Waals surface area contributed by atoms with Gasteiger partial charge in [-0.15, -0.1) is 0 Å². The van der Waals surface area contributed by atoms with Gasteiger partial charge in [0.05, 0.1) is 36.3 Å². The minimum atomic E-state index is -1.10. The van der Waals surface area contributed by atoms with Gasteiger partial charge in [0.25, 0.3) is 0 Å². The zero-order chi connectivity index (χ0) is 23.3. The van der Waals surface area contributed by atoms with Crippen LogP contribution in [0, 0.1) is 11.8 Å². The van der Waals surface area contributed by atoms with Gasteiger partial charge in [0.15, 0.2) is 5.78 Å². The Labute approximate surface area is 189 Å². The third-order valence-corrected chi connectivity index (χ3v) is 5.96. The van der Waals surface area contributed by atoms with E-state index in [9.17, 15) is 14.4 Å². The lowest BCUT2D eigenvalue weighted by molar-refractivity contribution is -0.150. The van der Waals surface area contributed by atoms with Gasteiger partial charge in [-0.1, -0.05) is 50.3 Å². The molecule has 2 heterocycles. The van der Waals surface area contributed by atoms with Crippen LogP contribution in [0.1, 0.15) is 46.1 Å². The van der Waals surface area contributed by atoms with Gasteiger partial charge >= 0.3 is 11.9 Å². The van der Waals surface area contributed by atoms with Crippen molar-refractivity contribution in [1.82, 2.24) is 4.90 Å². The summed E-state index contributed by atoms with van der Waals surface area (Å²) in [6.07, 6.45) is 7.98. The molecule has 0 saturated heterocycles. The van der Waals surface area contributed by atoms with E-state index in [0.29, 0.717) is 5.57 Å². The molecule has 0 N–H and O–H groups in total. The van der Waals surface area contributed by atoms with Crippen LogP contribution >= 0.6 is 0 Å². The van der Waals surface area contributed by atoms with Gasteiger partial charge in [-0.25, -0.2) is 0 Å². The fourth-order valence-corrected chi connectivity index (χ4v) is 4.58. The third kappa shape index (κ3) is 4.40. The van der Waals surface area contributed by atoms with E-state index in [0.717, 1.165) is 11.3 Å². The predicted octanol–water partition coefficient (Wildman–Crippen LogP) is 4.28. The van der Waals surface area contributed by atoms with E-state index >= 15 is 0 Å². The fraction of sp³-hybridized carbons (Fsp3) is 0.423. The summed E-state index contributed by atoms with van der Waals surface area (Å²) in [5.41, 5.74) is 1.08. The van der Waals surface area contributed by atoms with Crippen LogP contribution in [0.5, 0.6) is 0 Å². The molecule has 32 heavy (non-hydrogen) atoms. The molecular weight excluding hydrogens is 406 g/mol. The summed E-state index contributed by atoms with van der Waals surface area (Å²) < 4.78 is 10.5. The first-order valence-corrected chi connectivity index (χ1v) is 11.2. The number of esters is 2. The van der Waals surface area contributed by atoms with Crippen molar-refractivity contribution in [2.24, 2.45) is 11.8 Å². The Morgan fingerprint density at radius 1 is 0.938 bits per heavy atom. The van der Waals surface area contributed by atoms with Crippen molar-refractivity contribution in [2.75, 3.05) is 13.2 Å². The minimum absolute atomic E-state index is 0.0952. The van der Waals surface area contributed by atoms with Crippen LogP contribution in [0.2, 0.25) is 0 Å². The Kier molecular flexibility index (Phi) is 7.33. The Morgan fingerprint density at radius 2 is 1.50 bits per heavy atom. The SMILES string of the molecule is CCOC(=O)C(C)CC1(CC(C)C(=O)OCC)C(=O)C(c2ccccc2)=C2C=CC=CN21. The Balaban J connectivity index is 2.08. The molecule has 0 aromatic heterocycles. The van der Waals surface area contributed by atoms with E-state index in [1.165, 1.54) is 0 Å². The summed E-state index contributed by atoms with van der Waals surface area (Å²) in [6.45, 7) is 7.60. The minimum Gasteiger partial charge on any atom is -0.466 e. The van der Waals surface area contributed by atoms with Crippen molar-refractivity contribution in [1.29, 1.82) is 0 Å². The van der Waals surface area contributed by atoms with Gasteiger partial charge in [-0.3, -0.25) is 14.4 Å². The molecule has 0 aliphatic carbocycles. The molecule has 1 aromatic rings. The van der Waals surface area contributed by atoms with Crippen molar-refractivity contribution in [3.05, 3.63) is 66.0 Å². The lowest BCUT2D eigenvalue weighted by atomic mass is 9.76. The predicted molar refractivity (Wildman–Crippen MR) is 122 cm³/mol. The zero-order valence-corrected chi connectivity index (χ0v) is 19.2. The van der Waals surface area contributed by atoms with Crippen LogP contribution in [-0.2, 0) is 23.9 Å². The summed E-state index contributed by atoms with van der Waals surface area (Å²) in [7, 11) is 0. The van der Waals surface area contributed by atoms with Crippen LogP contribution < -0.4 is 0 Å². The highest BCUT2D eigenvalue weighted by Crippen LogP contribution is 2.47. The molecule has 6 nitrogen and oxygen atoms in total. The maximum Gasteiger partial charge on any atom is 0.308 e. The number of nitrogens with zero attached hydrogens (tertiary/aromatic N) is 1. The topological polar surface area (TPSA) is 72.9 Å². The van der Waals surface area contributed by atoms with Gasteiger partial charge < -0.3 is 14.4 Å².